The number of carboxylic acids is 1. The third kappa shape index (κ3) is 2.80. The van der Waals surface area contributed by atoms with Crippen LogP contribution in [0, 0.1) is 0 Å². The number of aliphatic carboxylic acids is 1. The molecule has 0 aromatic heterocycles. The highest BCUT2D eigenvalue weighted by Crippen LogP contribution is 2.08. The van der Waals surface area contributed by atoms with Crippen molar-refractivity contribution in [2.24, 2.45) is 0 Å². The second-order valence-electron chi connectivity index (χ2n) is 2.39. The molecule has 1 rings (SSSR count). The van der Waals surface area contributed by atoms with E-state index in [9.17, 15) is 4.79 Å². The largest absolute Gasteiger partial charge is 0.478 e. The van der Waals surface area contributed by atoms with Gasteiger partial charge in [-0.2, -0.15) is 0 Å². The lowest BCUT2D eigenvalue weighted by Gasteiger charge is -1.94. The highest BCUT2D eigenvalue weighted by molar-refractivity contribution is 8.14. The van der Waals surface area contributed by atoms with Crippen LogP contribution >= 0.6 is 11.8 Å². The Morgan fingerprint density at radius 1 is 2.00 bits per heavy atom. The Morgan fingerprint density at radius 2 is 2.73 bits per heavy atom. The van der Waals surface area contributed by atoms with Crippen LogP contribution < -0.4 is 10.3 Å². The number of thioether (sulfide) groups is 1. The molecule has 0 saturated heterocycles. The van der Waals surface area contributed by atoms with Gasteiger partial charge in [-0.05, 0) is 18.7 Å². The number of carboxylic acid groups (broad SMARTS) is 1. The summed E-state index contributed by atoms with van der Waals surface area (Å²) in [7, 11) is 0. The SMILES string of the molecule is CC1C[NH+]=C(NCC(=O)O)S1. The Morgan fingerprint density at radius 3 is 3.18 bits per heavy atom. The zero-order chi connectivity index (χ0) is 8.27. The van der Waals surface area contributed by atoms with E-state index >= 15 is 0 Å². The predicted octanol–water partition coefficient (Wildman–Crippen LogP) is -1.77. The summed E-state index contributed by atoms with van der Waals surface area (Å²) in [6.45, 7) is 2.99. The summed E-state index contributed by atoms with van der Waals surface area (Å²) in [5.74, 6) is -0.834. The van der Waals surface area contributed by atoms with Crippen molar-refractivity contribution in [1.82, 2.24) is 5.32 Å². The van der Waals surface area contributed by atoms with Crippen molar-refractivity contribution < 1.29 is 14.9 Å². The van der Waals surface area contributed by atoms with E-state index in [1.54, 1.807) is 11.8 Å². The Bertz CT molecular complexity index is 193. The molecule has 0 radical (unpaired) electrons. The molecule has 1 unspecified atom stereocenters. The van der Waals surface area contributed by atoms with Gasteiger partial charge >= 0.3 is 11.1 Å². The minimum Gasteiger partial charge on any atom is -0.478 e. The summed E-state index contributed by atoms with van der Waals surface area (Å²) in [5, 5.41) is 12.5. The van der Waals surface area contributed by atoms with Crippen LogP contribution in [0.3, 0.4) is 0 Å². The molecular weight excluding hydrogens is 164 g/mol. The summed E-state index contributed by atoms with van der Waals surface area (Å²) in [6.07, 6.45) is 0. The lowest BCUT2D eigenvalue weighted by molar-refractivity contribution is -0.450. The first-order chi connectivity index (χ1) is 5.18. The summed E-state index contributed by atoms with van der Waals surface area (Å²) < 4.78 is 0. The quantitative estimate of drug-likeness (QED) is 0.465. The van der Waals surface area contributed by atoms with Crippen LogP contribution in [-0.2, 0) is 4.79 Å². The normalized spacial score (nSPS) is 23.0. The van der Waals surface area contributed by atoms with E-state index in [-0.39, 0.29) is 6.54 Å². The molecule has 0 fully saturated rings. The molecule has 1 aliphatic rings. The van der Waals surface area contributed by atoms with Crippen molar-refractivity contribution in [3.05, 3.63) is 0 Å². The monoisotopic (exact) mass is 175 g/mol. The molecule has 1 heterocycles. The van der Waals surface area contributed by atoms with Crippen LogP contribution in [0.1, 0.15) is 6.92 Å². The zero-order valence-corrected chi connectivity index (χ0v) is 7.07. The Kier molecular flexibility index (Phi) is 2.76. The van der Waals surface area contributed by atoms with E-state index < -0.39 is 5.97 Å². The number of hydrogen-bond acceptors (Lipinski definition) is 3. The third-order valence-corrected chi connectivity index (χ3v) is 2.36. The van der Waals surface area contributed by atoms with Crippen molar-refractivity contribution in [3.63, 3.8) is 0 Å². The molecule has 62 valence electrons. The van der Waals surface area contributed by atoms with E-state index in [4.69, 9.17) is 5.11 Å². The van der Waals surface area contributed by atoms with Gasteiger partial charge in [0.15, 0.2) is 6.54 Å². The topological polar surface area (TPSA) is 63.3 Å². The summed E-state index contributed by atoms with van der Waals surface area (Å²) >= 11 is 1.64. The van der Waals surface area contributed by atoms with Gasteiger partial charge in [0, 0.05) is 0 Å². The van der Waals surface area contributed by atoms with E-state index in [1.807, 2.05) is 0 Å². The first-order valence-electron chi connectivity index (χ1n) is 3.41. The molecule has 0 bridgehead atoms. The van der Waals surface area contributed by atoms with Gasteiger partial charge in [-0.25, -0.2) is 4.79 Å². The van der Waals surface area contributed by atoms with Gasteiger partial charge in [0.1, 0.15) is 0 Å². The lowest BCUT2D eigenvalue weighted by Crippen LogP contribution is -2.73. The molecule has 5 heteroatoms. The highest BCUT2D eigenvalue weighted by Gasteiger charge is 2.20. The van der Waals surface area contributed by atoms with Crippen molar-refractivity contribution in [1.29, 1.82) is 0 Å². The fourth-order valence-electron chi connectivity index (χ4n) is 0.781. The van der Waals surface area contributed by atoms with E-state index in [0.717, 1.165) is 11.7 Å². The molecule has 4 nitrogen and oxygen atoms in total. The van der Waals surface area contributed by atoms with Gasteiger partial charge < -0.3 is 5.11 Å². The average molecular weight is 175 g/mol. The van der Waals surface area contributed by atoms with Crippen molar-refractivity contribution >= 4 is 22.9 Å². The van der Waals surface area contributed by atoms with Crippen molar-refractivity contribution in [2.75, 3.05) is 13.1 Å². The second kappa shape index (κ2) is 3.61. The van der Waals surface area contributed by atoms with Crippen molar-refractivity contribution in [2.45, 2.75) is 12.2 Å². The Labute approximate surface area is 69.1 Å². The van der Waals surface area contributed by atoms with Gasteiger partial charge in [0.05, 0.1) is 11.8 Å². The molecule has 0 spiro atoms. The molecule has 0 saturated carbocycles. The van der Waals surface area contributed by atoms with Crippen LogP contribution in [0.15, 0.2) is 0 Å². The number of nitrogens with one attached hydrogen (secondary N) is 2. The Hall–Kier alpha value is -0.710. The molecular formula is C6H11N2O2S+. The second-order valence-corrected chi connectivity index (χ2v) is 3.83. The maximum Gasteiger partial charge on any atom is 0.345 e. The average Bonchev–Trinajstić information content (AvgIpc) is 2.31. The van der Waals surface area contributed by atoms with Crippen LogP contribution in [0.2, 0.25) is 0 Å². The fourth-order valence-corrected chi connectivity index (χ4v) is 1.67. The summed E-state index contributed by atoms with van der Waals surface area (Å²) in [4.78, 5) is 13.2. The number of amidine groups is 1. The first-order valence-corrected chi connectivity index (χ1v) is 4.29. The minimum absolute atomic E-state index is 0.0119. The third-order valence-electron chi connectivity index (χ3n) is 1.27. The number of hydrogen-bond donors (Lipinski definition) is 3. The van der Waals surface area contributed by atoms with Crippen LogP contribution in [0.5, 0.6) is 0 Å². The molecule has 1 atom stereocenters. The lowest BCUT2D eigenvalue weighted by atomic mass is 10.5. The fraction of sp³-hybridized carbons (Fsp3) is 0.667. The first kappa shape index (κ1) is 8.39. The number of carbonyl (C=O) groups is 1. The summed E-state index contributed by atoms with van der Waals surface area (Å²) in [6, 6.07) is 0. The van der Waals surface area contributed by atoms with Gasteiger partial charge in [0.25, 0.3) is 0 Å². The van der Waals surface area contributed by atoms with E-state index in [0.29, 0.717) is 5.25 Å². The van der Waals surface area contributed by atoms with Gasteiger partial charge in [-0.15, -0.1) is 0 Å². The molecule has 0 aromatic rings. The van der Waals surface area contributed by atoms with Crippen LogP contribution in [-0.4, -0.2) is 34.6 Å². The Balaban J connectivity index is 2.23. The maximum atomic E-state index is 10.1. The maximum absolute atomic E-state index is 10.1. The molecule has 0 aromatic carbocycles. The standard InChI is InChI=1S/C6H10N2O2S/c1-4-2-7-6(11-4)8-3-5(9)10/h4H,2-3H2,1H3,(H,7,8)(H,9,10)/p+1. The van der Waals surface area contributed by atoms with E-state index in [1.165, 1.54) is 0 Å². The van der Waals surface area contributed by atoms with Crippen molar-refractivity contribution in [3.8, 4) is 0 Å². The number of rotatable bonds is 2. The minimum atomic E-state index is -0.834. The highest BCUT2D eigenvalue weighted by atomic mass is 32.2. The molecule has 1 aliphatic heterocycles. The summed E-state index contributed by atoms with van der Waals surface area (Å²) in [5.41, 5.74) is 0. The molecule has 0 aliphatic carbocycles. The van der Waals surface area contributed by atoms with Gasteiger partial charge in [-0.3, -0.25) is 10.3 Å². The van der Waals surface area contributed by atoms with Gasteiger partial charge in [0.2, 0.25) is 0 Å². The molecule has 3 N–H and O–H groups in total. The molecule has 11 heavy (non-hydrogen) atoms. The predicted molar refractivity (Wildman–Crippen MR) is 43.5 cm³/mol. The van der Waals surface area contributed by atoms with Gasteiger partial charge in [-0.1, -0.05) is 0 Å². The van der Waals surface area contributed by atoms with Crippen LogP contribution in [0.4, 0.5) is 0 Å². The van der Waals surface area contributed by atoms with Crippen LogP contribution in [0.25, 0.3) is 0 Å². The van der Waals surface area contributed by atoms with E-state index in [2.05, 4.69) is 17.2 Å². The smallest absolute Gasteiger partial charge is 0.345 e. The molecule has 0 amide bonds. The zero-order valence-electron chi connectivity index (χ0n) is 6.26.